The molecule has 0 radical (unpaired) electrons. The van der Waals surface area contributed by atoms with Crippen LogP contribution in [-0.2, 0) is 11.2 Å². The largest absolute Gasteiger partial charge is 0.480 e. The molecule has 0 bridgehead atoms. The molecule has 0 aromatic heterocycles. The number of benzene rings is 1. The number of carboxylic acid groups (broad SMARTS) is 1. The predicted molar refractivity (Wildman–Crippen MR) is 80.9 cm³/mol. The smallest absolute Gasteiger partial charge is 0.326 e. The molecule has 2 N–H and O–H groups in total. The van der Waals surface area contributed by atoms with Gasteiger partial charge in [0.1, 0.15) is 6.04 Å². The number of nitrogens with zero attached hydrogens (tertiary/aromatic N) is 1. The quantitative estimate of drug-likeness (QED) is 0.891. The van der Waals surface area contributed by atoms with Gasteiger partial charge in [0.15, 0.2) is 0 Å². The van der Waals surface area contributed by atoms with Gasteiger partial charge < -0.3 is 15.3 Å². The minimum absolute atomic E-state index is 0.343. The summed E-state index contributed by atoms with van der Waals surface area (Å²) in [6.45, 7) is 0.869. The summed E-state index contributed by atoms with van der Waals surface area (Å²) >= 11 is 11.9. The molecule has 0 spiro atoms. The molecule has 0 saturated carbocycles. The van der Waals surface area contributed by atoms with Crippen molar-refractivity contribution < 1.29 is 14.7 Å². The molecular formula is C14H16Cl2N2O3. The van der Waals surface area contributed by atoms with Crippen molar-refractivity contribution in [2.45, 2.75) is 25.3 Å². The third-order valence-electron chi connectivity index (χ3n) is 3.48. The Morgan fingerprint density at radius 2 is 2.14 bits per heavy atom. The van der Waals surface area contributed by atoms with Crippen molar-refractivity contribution in [1.29, 1.82) is 0 Å². The first kappa shape index (κ1) is 15.9. The number of hydrogen-bond acceptors (Lipinski definition) is 2. The standard InChI is InChI=1S/C14H16Cl2N2O3/c15-10-4-3-9(11(16)8-10)5-6-17-14(21)18-7-1-2-12(18)13(19)20/h3-4,8,12H,1-2,5-7H2,(H,17,21)(H,19,20). The fourth-order valence-corrected chi connectivity index (χ4v) is 2.90. The van der Waals surface area contributed by atoms with E-state index in [1.54, 1.807) is 12.1 Å². The van der Waals surface area contributed by atoms with E-state index in [4.69, 9.17) is 28.3 Å². The summed E-state index contributed by atoms with van der Waals surface area (Å²) in [5, 5.41) is 12.9. The number of urea groups is 1. The second-order valence-electron chi connectivity index (χ2n) is 4.91. The van der Waals surface area contributed by atoms with Crippen LogP contribution < -0.4 is 5.32 Å². The van der Waals surface area contributed by atoms with Crippen LogP contribution in [0.4, 0.5) is 4.79 Å². The van der Waals surface area contributed by atoms with Gasteiger partial charge in [-0.1, -0.05) is 29.3 Å². The molecule has 7 heteroatoms. The van der Waals surface area contributed by atoms with Crippen molar-refractivity contribution in [3.8, 4) is 0 Å². The number of carboxylic acids is 1. The molecule has 1 aromatic rings. The monoisotopic (exact) mass is 330 g/mol. The van der Waals surface area contributed by atoms with Gasteiger partial charge in [0.2, 0.25) is 0 Å². The first-order valence-electron chi connectivity index (χ1n) is 6.70. The van der Waals surface area contributed by atoms with Crippen molar-refractivity contribution in [3.05, 3.63) is 33.8 Å². The van der Waals surface area contributed by atoms with E-state index in [-0.39, 0.29) is 6.03 Å². The Bertz CT molecular complexity index is 551. The van der Waals surface area contributed by atoms with Gasteiger partial charge in [0.05, 0.1) is 0 Å². The molecule has 1 saturated heterocycles. The summed E-state index contributed by atoms with van der Waals surface area (Å²) in [5.41, 5.74) is 0.887. The van der Waals surface area contributed by atoms with Crippen molar-refractivity contribution in [2.24, 2.45) is 0 Å². The highest BCUT2D eigenvalue weighted by molar-refractivity contribution is 6.35. The average molecular weight is 331 g/mol. The fraction of sp³-hybridized carbons (Fsp3) is 0.429. The van der Waals surface area contributed by atoms with Crippen LogP contribution in [0.2, 0.25) is 10.0 Å². The Morgan fingerprint density at radius 3 is 2.81 bits per heavy atom. The highest BCUT2D eigenvalue weighted by Crippen LogP contribution is 2.21. The fourth-order valence-electron chi connectivity index (χ4n) is 2.40. The second-order valence-corrected chi connectivity index (χ2v) is 5.75. The molecule has 1 unspecified atom stereocenters. The van der Waals surface area contributed by atoms with Crippen LogP contribution in [0.5, 0.6) is 0 Å². The first-order valence-corrected chi connectivity index (χ1v) is 7.46. The molecule has 114 valence electrons. The number of rotatable bonds is 4. The van der Waals surface area contributed by atoms with Crippen LogP contribution >= 0.6 is 23.2 Å². The Labute approximate surface area is 132 Å². The highest BCUT2D eigenvalue weighted by Gasteiger charge is 2.33. The normalized spacial score (nSPS) is 17.8. The van der Waals surface area contributed by atoms with Crippen LogP contribution in [-0.4, -0.2) is 41.1 Å². The van der Waals surface area contributed by atoms with Crippen molar-refractivity contribution in [3.63, 3.8) is 0 Å². The predicted octanol–water partition coefficient (Wildman–Crippen LogP) is 2.79. The molecule has 21 heavy (non-hydrogen) atoms. The molecule has 2 amide bonds. The zero-order valence-electron chi connectivity index (χ0n) is 11.3. The number of hydrogen-bond donors (Lipinski definition) is 2. The lowest BCUT2D eigenvalue weighted by Crippen LogP contribution is -2.46. The Balaban J connectivity index is 1.85. The molecule has 5 nitrogen and oxygen atoms in total. The van der Waals surface area contributed by atoms with Gasteiger partial charge in [-0.25, -0.2) is 9.59 Å². The van der Waals surface area contributed by atoms with Gasteiger partial charge in [0.25, 0.3) is 0 Å². The van der Waals surface area contributed by atoms with Crippen LogP contribution in [0, 0.1) is 0 Å². The maximum Gasteiger partial charge on any atom is 0.326 e. The number of likely N-dealkylation sites (tertiary alicyclic amines) is 1. The van der Waals surface area contributed by atoms with Crippen LogP contribution in [0.3, 0.4) is 0 Å². The molecule has 1 heterocycles. The maximum atomic E-state index is 12.0. The Kier molecular flexibility index (Phi) is 5.31. The number of carbonyl (C=O) groups excluding carboxylic acids is 1. The van der Waals surface area contributed by atoms with Gasteiger partial charge in [-0.3, -0.25) is 0 Å². The van der Waals surface area contributed by atoms with E-state index in [1.165, 1.54) is 4.90 Å². The SMILES string of the molecule is O=C(O)C1CCCN1C(=O)NCCc1ccc(Cl)cc1Cl. The lowest BCUT2D eigenvalue weighted by molar-refractivity contribution is -0.141. The average Bonchev–Trinajstić information content (AvgIpc) is 2.90. The van der Waals surface area contributed by atoms with Crippen molar-refractivity contribution >= 4 is 35.2 Å². The number of nitrogens with one attached hydrogen (secondary N) is 1. The molecule has 1 aliphatic heterocycles. The summed E-state index contributed by atoms with van der Waals surface area (Å²) in [5.74, 6) is -0.955. The molecule has 1 aliphatic rings. The third-order valence-corrected chi connectivity index (χ3v) is 4.07. The van der Waals surface area contributed by atoms with E-state index in [1.807, 2.05) is 6.07 Å². The van der Waals surface area contributed by atoms with Gasteiger partial charge in [-0.05, 0) is 37.0 Å². The topological polar surface area (TPSA) is 69.6 Å². The Morgan fingerprint density at radius 1 is 1.38 bits per heavy atom. The number of aliphatic carboxylic acids is 1. The minimum Gasteiger partial charge on any atom is -0.480 e. The molecule has 1 aromatic carbocycles. The number of halogens is 2. The Hall–Kier alpha value is -1.46. The lowest BCUT2D eigenvalue weighted by Gasteiger charge is -2.21. The molecule has 1 fully saturated rings. The first-order chi connectivity index (χ1) is 9.99. The maximum absolute atomic E-state index is 12.0. The second kappa shape index (κ2) is 7.00. The van der Waals surface area contributed by atoms with Gasteiger partial charge in [0, 0.05) is 23.1 Å². The minimum atomic E-state index is -0.955. The molecular weight excluding hydrogens is 315 g/mol. The molecule has 2 rings (SSSR count). The van der Waals surface area contributed by atoms with Gasteiger partial charge in [-0.2, -0.15) is 0 Å². The van der Waals surface area contributed by atoms with Crippen LogP contribution in [0.25, 0.3) is 0 Å². The summed E-state index contributed by atoms with van der Waals surface area (Å²) < 4.78 is 0. The summed E-state index contributed by atoms with van der Waals surface area (Å²) in [6, 6.07) is 4.15. The number of carbonyl (C=O) groups is 2. The summed E-state index contributed by atoms with van der Waals surface area (Å²) in [6.07, 6.45) is 1.78. The molecule has 0 aliphatic carbocycles. The van der Waals surface area contributed by atoms with Crippen molar-refractivity contribution in [2.75, 3.05) is 13.1 Å². The summed E-state index contributed by atoms with van der Waals surface area (Å²) in [4.78, 5) is 24.4. The zero-order chi connectivity index (χ0) is 15.4. The van der Waals surface area contributed by atoms with Crippen LogP contribution in [0.15, 0.2) is 18.2 Å². The van der Waals surface area contributed by atoms with Crippen molar-refractivity contribution in [1.82, 2.24) is 10.2 Å². The van der Waals surface area contributed by atoms with Gasteiger partial charge in [-0.15, -0.1) is 0 Å². The van der Waals surface area contributed by atoms with E-state index in [2.05, 4.69) is 5.32 Å². The van der Waals surface area contributed by atoms with E-state index in [9.17, 15) is 9.59 Å². The van der Waals surface area contributed by atoms with E-state index in [0.29, 0.717) is 42.4 Å². The van der Waals surface area contributed by atoms with E-state index >= 15 is 0 Å². The highest BCUT2D eigenvalue weighted by atomic mass is 35.5. The van der Waals surface area contributed by atoms with Gasteiger partial charge >= 0.3 is 12.0 Å². The lowest BCUT2D eigenvalue weighted by atomic mass is 10.1. The van der Waals surface area contributed by atoms with E-state index in [0.717, 1.165) is 5.56 Å². The van der Waals surface area contributed by atoms with E-state index < -0.39 is 12.0 Å². The molecule has 1 atom stereocenters. The summed E-state index contributed by atoms with van der Waals surface area (Å²) in [7, 11) is 0. The number of amides is 2. The zero-order valence-corrected chi connectivity index (χ0v) is 12.8. The third kappa shape index (κ3) is 4.02. The van der Waals surface area contributed by atoms with Crippen LogP contribution in [0.1, 0.15) is 18.4 Å².